The van der Waals surface area contributed by atoms with Crippen LogP contribution in [-0.2, 0) is 0 Å². The van der Waals surface area contributed by atoms with Crippen molar-refractivity contribution in [1.82, 2.24) is 0 Å². The van der Waals surface area contributed by atoms with Crippen LogP contribution >= 0.6 is 0 Å². The van der Waals surface area contributed by atoms with E-state index in [-0.39, 0.29) is 10.6 Å². The normalized spacial score (nSPS) is 37.9. The molecule has 1 N–H and O–H groups in total. The van der Waals surface area contributed by atoms with Crippen molar-refractivity contribution in [2.75, 3.05) is 5.32 Å². The van der Waals surface area contributed by atoms with Gasteiger partial charge in [-0.1, -0.05) is 6.07 Å². The van der Waals surface area contributed by atoms with Gasteiger partial charge >= 0.3 is 0 Å². The molecule has 1 aromatic rings. The van der Waals surface area contributed by atoms with Gasteiger partial charge in [0.05, 0.1) is 4.92 Å². The van der Waals surface area contributed by atoms with Crippen LogP contribution in [-0.4, -0.2) is 11.0 Å². The van der Waals surface area contributed by atoms with Crippen LogP contribution in [0.15, 0.2) is 24.3 Å². The molecule has 0 heterocycles. The third-order valence-electron chi connectivity index (χ3n) is 5.62. The van der Waals surface area contributed by atoms with Gasteiger partial charge in [-0.15, -0.1) is 0 Å². The van der Waals surface area contributed by atoms with E-state index in [4.69, 9.17) is 0 Å². The van der Waals surface area contributed by atoms with Crippen molar-refractivity contribution >= 4 is 11.4 Å². The number of nitrogens with one attached hydrogen (secondary N) is 1. The number of anilines is 1. The zero-order valence-corrected chi connectivity index (χ0v) is 11.5. The fourth-order valence-corrected chi connectivity index (χ4v) is 5.06. The Balaban J connectivity index is 1.54. The molecule has 4 saturated carbocycles. The summed E-state index contributed by atoms with van der Waals surface area (Å²) in [5.41, 5.74) is 1.09. The molecule has 4 heteroatoms. The van der Waals surface area contributed by atoms with Crippen LogP contribution in [0.3, 0.4) is 0 Å². The van der Waals surface area contributed by atoms with Crippen molar-refractivity contribution < 1.29 is 4.92 Å². The highest BCUT2D eigenvalue weighted by molar-refractivity contribution is 5.52. The van der Waals surface area contributed by atoms with Crippen LogP contribution in [0.25, 0.3) is 0 Å². The van der Waals surface area contributed by atoms with E-state index >= 15 is 0 Å². The van der Waals surface area contributed by atoms with Crippen LogP contribution in [0, 0.1) is 33.8 Å². The van der Waals surface area contributed by atoms with Gasteiger partial charge in [-0.05, 0) is 61.8 Å². The van der Waals surface area contributed by atoms with Crippen LogP contribution < -0.4 is 5.32 Å². The van der Waals surface area contributed by atoms with Gasteiger partial charge in [0.15, 0.2) is 0 Å². The second-order valence-electron chi connectivity index (χ2n) is 6.91. The van der Waals surface area contributed by atoms with Crippen molar-refractivity contribution in [3.05, 3.63) is 34.4 Å². The van der Waals surface area contributed by atoms with E-state index < -0.39 is 0 Å². The van der Waals surface area contributed by atoms with Crippen LogP contribution in [0.1, 0.15) is 32.1 Å². The van der Waals surface area contributed by atoms with Gasteiger partial charge in [0.1, 0.15) is 0 Å². The van der Waals surface area contributed by atoms with Crippen molar-refractivity contribution in [1.29, 1.82) is 0 Å². The Kier molecular flexibility index (Phi) is 2.72. The molecule has 106 valence electrons. The van der Waals surface area contributed by atoms with Gasteiger partial charge in [0.2, 0.25) is 0 Å². The molecule has 4 aliphatic rings. The van der Waals surface area contributed by atoms with E-state index in [9.17, 15) is 10.1 Å². The van der Waals surface area contributed by atoms with Crippen LogP contribution in [0.5, 0.6) is 0 Å². The largest absolute Gasteiger partial charge is 0.382 e. The monoisotopic (exact) mass is 272 g/mol. The Morgan fingerprint density at radius 1 is 1.05 bits per heavy atom. The Labute approximate surface area is 118 Å². The molecule has 0 spiro atoms. The second kappa shape index (κ2) is 4.47. The summed E-state index contributed by atoms with van der Waals surface area (Å²) < 4.78 is 0. The van der Waals surface area contributed by atoms with E-state index in [0.717, 1.165) is 29.4 Å². The predicted molar refractivity (Wildman–Crippen MR) is 77.6 cm³/mol. The fourth-order valence-electron chi connectivity index (χ4n) is 5.06. The molecule has 4 fully saturated rings. The zero-order chi connectivity index (χ0) is 13.7. The van der Waals surface area contributed by atoms with Gasteiger partial charge in [0.25, 0.3) is 5.69 Å². The number of non-ortho nitro benzene ring substituents is 1. The van der Waals surface area contributed by atoms with Gasteiger partial charge in [-0.3, -0.25) is 10.1 Å². The van der Waals surface area contributed by atoms with Crippen LogP contribution in [0.2, 0.25) is 0 Å². The first-order valence-corrected chi connectivity index (χ1v) is 7.70. The molecule has 0 unspecified atom stereocenters. The number of nitro benzene ring substituents is 1. The van der Waals surface area contributed by atoms with Gasteiger partial charge in [0, 0.05) is 23.9 Å². The summed E-state index contributed by atoms with van der Waals surface area (Å²) in [5.74, 6) is 3.48. The summed E-state index contributed by atoms with van der Waals surface area (Å²) in [5, 5.41) is 14.5. The first kappa shape index (κ1) is 12.2. The molecule has 20 heavy (non-hydrogen) atoms. The minimum atomic E-state index is -0.317. The van der Waals surface area contributed by atoms with Crippen molar-refractivity contribution in [2.45, 2.75) is 38.1 Å². The average Bonchev–Trinajstić information content (AvgIpc) is 2.42. The lowest BCUT2D eigenvalue weighted by molar-refractivity contribution is -0.384. The van der Waals surface area contributed by atoms with Gasteiger partial charge < -0.3 is 5.32 Å². The highest BCUT2D eigenvalue weighted by Crippen LogP contribution is 2.54. The minimum Gasteiger partial charge on any atom is -0.382 e. The van der Waals surface area contributed by atoms with E-state index in [2.05, 4.69) is 5.32 Å². The molecular weight excluding hydrogens is 252 g/mol. The Morgan fingerprint density at radius 2 is 1.70 bits per heavy atom. The Bertz CT molecular complexity index is 515. The lowest BCUT2D eigenvalue weighted by Gasteiger charge is -2.54. The summed E-state index contributed by atoms with van der Waals surface area (Å²) in [7, 11) is 0. The van der Waals surface area contributed by atoms with Crippen molar-refractivity contribution in [2.24, 2.45) is 23.7 Å². The second-order valence-corrected chi connectivity index (χ2v) is 6.91. The molecular formula is C16H20N2O2. The predicted octanol–water partition coefficient (Wildman–Crippen LogP) is 3.83. The standard InChI is InChI=1S/C16H20N2O2/c19-18(20)15-3-1-2-14(9-15)17-16-12-5-10-4-11(7-12)8-13(16)6-10/h1-3,9-13,16-17H,4-8H2. The topological polar surface area (TPSA) is 55.2 Å². The zero-order valence-electron chi connectivity index (χ0n) is 11.5. The summed E-state index contributed by atoms with van der Waals surface area (Å²) in [4.78, 5) is 10.6. The first-order valence-electron chi connectivity index (χ1n) is 7.70. The van der Waals surface area contributed by atoms with E-state index in [1.807, 2.05) is 6.07 Å². The molecule has 4 bridgehead atoms. The molecule has 0 amide bonds. The number of benzene rings is 1. The molecule has 0 saturated heterocycles. The number of rotatable bonds is 3. The third-order valence-corrected chi connectivity index (χ3v) is 5.62. The molecule has 5 rings (SSSR count). The van der Waals surface area contributed by atoms with E-state index in [1.54, 1.807) is 18.2 Å². The lowest BCUT2D eigenvalue weighted by atomic mass is 9.54. The maximum absolute atomic E-state index is 10.9. The summed E-state index contributed by atoms with van der Waals surface area (Å²) in [6.45, 7) is 0. The summed E-state index contributed by atoms with van der Waals surface area (Å²) in [6.07, 6.45) is 6.90. The van der Waals surface area contributed by atoms with E-state index in [1.165, 1.54) is 32.1 Å². The highest BCUT2D eigenvalue weighted by Gasteiger charge is 2.48. The molecule has 4 aliphatic carbocycles. The number of nitro groups is 1. The van der Waals surface area contributed by atoms with Crippen molar-refractivity contribution in [3.63, 3.8) is 0 Å². The minimum absolute atomic E-state index is 0.179. The maximum atomic E-state index is 10.9. The Hall–Kier alpha value is -1.58. The quantitative estimate of drug-likeness (QED) is 0.672. The number of hydrogen-bond donors (Lipinski definition) is 1. The first-order chi connectivity index (χ1) is 9.69. The highest BCUT2D eigenvalue weighted by atomic mass is 16.6. The summed E-state index contributed by atoms with van der Waals surface area (Å²) >= 11 is 0. The average molecular weight is 272 g/mol. The Morgan fingerprint density at radius 3 is 2.30 bits per heavy atom. The van der Waals surface area contributed by atoms with E-state index in [0.29, 0.717) is 6.04 Å². The fraction of sp³-hybridized carbons (Fsp3) is 0.625. The molecule has 4 nitrogen and oxygen atoms in total. The lowest BCUT2D eigenvalue weighted by Crippen LogP contribution is -2.51. The summed E-state index contributed by atoms with van der Waals surface area (Å²) in [6, 6.07) is 7.49. The molecule has 0 atom stereocenters. The molecule has 0 aromatic heterocycles. The smallest absolute Gasteiger partial charge is 0.271 e. The van der Waals surface area contributed by atoms with Crippen LogP contribution in [0.4, 0.5) is 11.4 Å². The van der Waals surface area contributed by atoms with Gasteiger partial charge in [-0.25, -0.2) is 0 Å². The van der Waals surface area contributed by atoms with Crippen molar-refractivity contribution in [3.8, 4) is 0 Å². The molecule has 1 aromatic carbocycles. The SMILES string of the molecule is O=[N+]([O-])c1cccc(NC2C3CC4CC(C3)CC2C4)c1. The number of nitrogens with zero attached hydrogens (tertiary/aromatic N) is 1. The molecule has 0 aliphatic heterocycles. The maximum Gasteiger partial charge on any atom is 0.271 e. The molecule has 0 radical (unpaired) electrons. The van der Waals surface area contributed by atoms with Gasteiger partial charge in [-0.2, -0.15) is 0 Å². The third kappa shape index (κ3) is 1.98. The number of hydrogen-bond acceptors (Lipinski definition) is 3.